The van der Waals surface area contributed by atoms with Crippen molar-refractivity contribution in [3.63, 3.8) is 0 Å². The molecule has 0 aromatic heterocycles. The van der Waals surface area contributed by atoms with Gasteiger partial charge in [-0.2, -0.15) is 0 Å². The number of carbonyl (C=O) groups is 1. The van der Waals surface area contributed by atoms with Crippen LogP contribution in [0, 0.1) is 5.92 Å². The van der Waals surface area contributed by atoms with Crippen LogP contribution in [0.25, 0.3) is 0 Å². The fourth-order valence-electron chi connectivity index (χ4n) is 3.53. The summed E-state index contributed by atoms with van der Waals surface area (Å²) < 4.78 is 0. The van der Waals surface area contributed by atoms with Crippen molar-refractivity contribution in [1.82, 2.24) is 4.90 Å². The topological polar surface area (TPSA) is 40.5 Å². The molecule has 1 aromatic rings. The summed E-state index contributed by atoms with van der Waals surface area (Å²) in [6, 6.07) is 9.80. The first-order valence-electron chi connectivity index (χ1n) is 8.11. The summed E-state index contributed by atoms with van der Waals surface area (Å²) in [7, 11) is 0. The molecule has 1 saturated heterocycles. The van der Waals surface area contributed by atoms with Crippen LogP contribution < -0.4 is 0 Å². The van der Waals surface area contributed by atoms with E-state index in [9.17, 15) is 9.90 Å². The molecule has 2 rings (SSSR count). The molecule has 21 heavy (non-hydrogen) atoms. The Labute approximate surface area is 128 Å². The van der Waals surface area contributed by atoms with Crippen LogP contribution in [-0.4, -0.2) is 29.1 Å². The third kappa shape index (κ3) is 3.46. The van der Waals surface area contributed by atoms with Gasteiger partial charge in [-0.05, 0) is 43.8 Å². The van der Waals surface area contributed by atoms with Crippen LogP contribution in [0.1, 0.15) is 51.5 Å². The van der Waals surface area contributed by atoms with E-state index in [1.807, 2.05) is 30.3 Å². The van der Waals surface area contributed by atoms with Crippen LogP contribution in [0.2, 0.25) is 0 Å². The van der Waals surface area contributed by atoms with E-state index in [2.05, 4.69) is 18.7 Å². The van der Waals surface area contributed by atoms with Gasteiger partial charge in [-0.3, -0.25) is 4.90 Å². The second-order valence-corrected chi connectivity index (χ2v) is 6.53. The van der Waals surface area contributed by atoms with Crippen molar-refractivity contribution in [2.24, 2.45) is 5.92 Å². The highest BCUT2D eigenvalue weighted by Crippen LogP contribution is 2.37. The van der Waals surface area contributed by atoms with Gasteiger partial charge in [0, 0.05) is 0 Å². The smallest absolute Gasteiger partial charge is 0.328 e. The van der Waals surface area contributed by atoms with Gasteiger partial charge in [0.05, 0.1) is 0 Å². The maximum absolute atomic E-state index is 12.3. The molecule has 0 spiro atoms. The zero-order chi connectivity index (χ0) is 15.3. The van der Waals surface area contributed by atoms with Gasteiger partial charge in [0.15, 0.2) is 0 Å². The van der Waals surface area contributed by atoms with Crippen LogP contribution in [0.3, 0.4) is 0 Å². The summed E-state index contributed by atoms with van der Waals surface area (Å²) in [6.45, 7) is 5.98. The molecule has 3 heteroatoms. The Balaban J connectivity index is 2.46. The average molecular weight is 289 g/mol. The predicted molar refractivity (Wildman–Crippen MR) is 85.3 cm³/mol. The first kappa shape index (κ1) is 16.0. The van der Waals surface area contributed by atoms with Crippen LogP contribution in [0.15, 0.2) is 30.3 Å². The predicted octanol–water partition coefficient (Wildman–Crippen LogP) is 3.89. The number of hydrogen-bond donors (Lipinski definition) is 1. The lowest BCUT2D eigenvalue weighted by Crippen LogP contribution is -2.53. The van der Waals surface area contributed by atoms with Gasteiger partial charge in [0.1, 0.15) is 5.54 Å². The van der Waals surface area contributed by atoms with Crippen LogP contribution in [0.4, 0.5) is 0 Å². The quantitative estimate of drug-likeness (QED) is 0.894. The maximum atomic E-state index is 12.3. The molecule has 1 aliphatic heterocycles. The van der Waals surface area contributed by atoms with Crippen molar-refractivity contribution in [3.05, 3.63) is 35.9 Å². The monoisotopic (exact) mass is 289 g/mol. The minimum absolute atomic E-state index is 0.338. The molecular formula is C18H27NO2. The molecule has 1 aromatic carbocycles. The Morgan fingerprint density at radius 3 is 2.19 bits per heavy atom. The molecule has 1 N–H and O–H groups in total. The number of benzene rings is 1. The standard InChI is InChI=1S/C18H27NO2/c1-15(2)14-18(17(20)21,16-10-6-5-7-11-16)19-12-8-3-4-9-13-19/h5-7,10-11,15H,3-4,8-9,12-14H2,1-2H3,(H,20,21). The number of carboxylic acid groups (broad SMARTS) is 1. The van der Waals surface area contributed by atoms with Gasteiger partial charge in [0.2, 0.25) is 0 Å². The second kappa shape index (κ2) is 7.08. The van der Waals surface area contributed by atoms with Gasteiger partial charge in [0.25, 0.3) is 0 Å². The first-order valence-corrected chi connectivity index (χ1v) is 8.11. The van der Waals surface area contributed by atoms with Gasteiger partial charge < -0.3 is 5.11 Å². The summed E-state index contributed by atoms with van der Waals surface area (Å²) in [5.41, 5.74) is 0.0489. The lowest BCUT2D eigenvalue weighted by molar-refractivity contribution is -0.154. The van der Waals surface area contributed by atoms with E-state index in [1.54, 1.807) is 0 Å². The third-order valence-electron chi connectivity index (χ3n) is 4.45. The van der Waals surface area contributed by atoms with Gasteiger partial charge >= 0.3 is 5.97 Å². The SMILES string of the molecule is CC(C)CC(C(=O)O)(c1ccccc1)N1CCCCCC1. The van der Waals surface area contributed by atoms with E-state index < -0.39 is 11.5 Å². The van der Waals surface area contributed by atoms with E-state index in [0.717, 1.165) is 31.5 Å². The van der Waals surface area contributed by atoms with Gasteiger partial charge in [-0.15, -0.1) is 0 Å². The number of aliphatic carboxylic acids is 1. The molecule has 0 bridgehead atoms. The summed E-state index contributed by atoms with van der Waals surface area (Å²) >= 11 is 0. The normalized spacial score (nSPS) is 20.0. The van der Waals surface area contributed by atoms with E-state index in [1.165, 1.54) is 12.8 Å². The minimum atomic E-state index is -0.875. The molecule has 1 atom stereocenters. The molecule has 116 valence electrons. The molecule has 1 heterocycles. The van der Waals surface area contributed by atoms with E-state index >= 15 is 0 Å². The largest absolute Gasteiger partial charge is 0.480 e. The van der Waals surface area contributed by atoms with Crippen molar-refractivity contribution >= 4 is 5.97 Å². The zero-order valence-electron chi connectivity index (χ0n) is 13.2. The highest BCUT2D eigenvalue weighted by molar-refractivity contribution is 5.81. The fourth-order valence-corrected chi connectivity index (χ4v) is 3.53. The molecule has 1 fully saturated rings. The zero-order valence-corrected chi connectivity index (χ0v) is 13.2. The summed E-state index contributed by atoms with van der Waals surface area (Å²) in [5, 5.41) is 10.1. The fraction of sp³-hybridized carbons (Fsp3) is 0.611. The highest BCUT2D eigenvalue weighted by atomic mass is 16.4. The number of carboxylic acids is 1. The maximum Gasteiger partial charge on any atom is 0.328 e. The molecule has 3 nitrogen and oxygen atoms in total. The third-order valence-corrected chi connectivity index (χ3v) is 4.45. The molecular weight excluding hydrogens is 262 g/mol. The van der Waals surface area contributed by atoms with E-state index in [4.69, 9.17) is 0 Å². The van der Waals surface area contributed by atoms with E-state index in [0.29, 0.717) is 12.3 Å². The minimum Gasteiger partial charge on any atom is -0.480 e. The number of rotatable bonds is 5. The van der Waals surface area contributed by atoms with Crippen LogP contribution in [0.5, 0.6) is 0 Å². The van der Waals surface area contributed by atoms with Crippen molar-refractivity contribution in [2.75, 3.05) is 13.1 Å². The average Bonchev–Trinajstić information content (AvgIpc) is 2.74. The Morgan fingerprint density at radius 1 is 1.14 bits per heavy atom. The molecule has 1 aliphatic rings. The van der Waals surface area contributed by atoms with Crippen molar-refractivity contribution in [3.8, 4) is 0 Å². The highest BCUT2D eigenvalue weighted by Gasteiger charge is 2.46. The van der Waals surface area contributed by atoms with E-state index in [-0.39, 0.29) is 0 Å². The Kier molecular flexibility index (Phi) is 5.40. The Bertz CT molecular complexity index is 450. The van der Waals surface area contributed by atoms with Gasteiger partial charge in [-0.1, -0.05) is 57.0 Å². The number of hydrogen-bond acceptors (Lipinski definition) is 2. The Morgan fingerprint density at radius 2 is 1.71 bits per heavy atom. The summed E-state index contributed by atoms with van der Waals surface area (Å²) in [6.07, 6.45) is 5.28. The van der Waals surface area contributed by atoms with Crippen LogP contribution >= 0.6 is 0 Å². The van der Waals surface area contributed by atoms with Crippen LogP contribution in [-0.2, 0) is 10.3 Å². The number of nitrogens with zero attached hydrogens (tertiary/aromatic N) is 1. The molecule has 0 saturated carbocycles. The lowest BCUT2D eigenvalue weighted by Gasteiger charge is -2.42. The molecule has 0 aliphatic carbocycles. The molecule has 0 radical (unpaired) electrons. The van der Waals surface area contributed by atoms with Gasteiger partial charge in [-0.25, -0.2) is 4.79 Å². The number of likely N-dealkylation sites (tertiary alicyclic amines) is 1. The summed E-state index contributed by atoms with van der Waals surface area (Å²) in [4.78, 5) is 14.5. The first-order chi connectivity index (χ1) is 10.1. The summed E-state index contributed by atoms with van der Waals surface area (Å²) in [5.74, 6) is -0.367. The lowest BCUT2D eigenvalue weighted by atomic mass is 9.80. The molecule has 0 amide bonds. The second-order valence-electron chi connectivity index (χ2n) is 6.53. The molecule has 1 unspecified atom stereocenters. The van der Waals surface area contributed by atoms with Crippen molar-refractivity contribution < 1.29 is 9.90 Å². The van der Waals surface area contributed by atoms with Crippen molar-refractivity contribution in [2.45, 2.75) is 51.5 Å². The van der Waals surface area contributed by atoms with Crippen molar-refractivity contribution in [1.29, 1.82) is 0 Å². The Hall–Kier alpha value is -1.35.